The monoisotopic (exact) mass is 367 g/mol. The van der Waals surface area contributed by atoms with E-state index in [0.29, 0.717) is 12.5 Å². The van der Waals surface area contributed by atoms with Crippen molar-refractivity contribution in [1.82, 2.24) is 24.8 Å². The van der Waals surface area contributed by atoms with Crippen molar-refractivity contribution < 1.29 is 4.52 Å². The van der Waals surface area contributed by atoms with E-state index in [9.17, 15) is 4.79 Å². The smallest absolute Gasteiger partial charge is 0.343 e. The fourth-order valence-corrected chi connectivity index (χ4v) is 3.86. The maximum absolute atomic E-state index is 12.3. The summed E-state index contributed by atoms with van der Waals surface area (Å²) in [6.07, 6.45) is 1.98. The van der Waals surface area contributed by atoms with Crippen LogP contribution in [0.4, 0.5) is 0 Å². The van der Waals surface area contributed by atoms with E-state index < -0.39 is 0 Å². The molecule has 0 bridgehead atoms. The summed E-state index contributed by atoms with van der Waals surface area (Å²) in [5.41, 5.74) is 3.14. The molecule has 0 radical (unpaired) electrons. The Morgan fingerprint density at radius 1 is 1.15 bits per heavy atom. The Morgan fingerprint density at radius 3 is 2.56 bits per heavy atom. The SMILES string of the molecule is Cc1noc(C)c1CN1CCC(c2n[nH]c(=O)n2Cc2ccccc2)CC1. The number of hydrogen-bond donors (Lipinski definition) is 1. The lowest BCUT2D eigenvalue weighted by atomic mass is 9.95. The number of H-pyrrole nitrogens is 1. The van der Waals surface area contributed by atoms with Crippen molar-refractivity contribution in [2.24, 2.45) is 0 Å². The lowest BCUT2D eigenvalue weighted by Gasteiger charge is -2.31. The topological polar surface area (TPSA) is 80.0 Å². The molecule has 3 heterocycles. The zero-order valence-electron chi connectivity index (χ0n) is 15.8. The second-order valence-electron chi connectivity index (χ2n) is 7.31. The number of nitrogens with zero attached hydrogens (tertiary/aromatic N) is 4. The molecule has 0 amide bonds. The van der Waals surface area contributed by atoms with Gasteiger partial charge >= 0.3 is 5.69 Å². The number of aryl methyl sites for hydroxylation is 2. The molecule has 3 aromatic rings. The second kappa shape index (κ2) is 7.52. The van der Waals surface area contributed by atoms with Gasteiger partial charge in [-0.05, 0) is 45.3 Å². The molecule has 7 nitrogen and oxygen atoms in total. The van der Waals surface area contributed by atoms with E-state index in [1.54, 1.807) is 4.57 Å². The molecule has 1 aromatic carbocycles. The number of likely N-dealkylation sites (tertiary alicyclic amines) is 1. The molecule has 7 heteroatoms. The molecule has 0 saturated carbocycles. The standard InChI is InChI=1S/C20H25N5O2/c1-14-18(15(2)27-23-14)13-24-10-8-17(9-11-24)19-21-22-20(26)25(19)12-16-6-4-3-5-7-16/h3-7,17H,8-13H2,1-2H3,(H,22,26). The molecule has 27 heavy (non-hydrogen) atoms. The molecular formula is C20H25N5O2. The summed E-state index contributed by atoms with van der Waals surface area (Å²) in [5, 5.41) is 11.0. The van der Waals surface area contributed by atoms with Crippen LogP contribution < -0.4 is 5.69 Å². The number of aromatic amines is 1. The van der Waals surface area contributed by atoms with E-state index in [2.05, 4.69) is 20.3 Å². The summed E-state index contributed by atoms with van der Waals surface area (Å²) in [6.45, 7) is 7.33. The van der Waals surface area contributed by atoms with Crippen LogP contribution in [0.3, 0.4) is 0 Å². The summed E-state index contributed by atoms with van der Waals surface area (Å²) < 4.78 is 7.06. The van der Waals surface area contributed by atoms with Crippen LogP contribution in [-0.2, 0) is 13.1 Å². The van der Waals surface area contributed by atoms with Crippen LogP contribution in [0.5, 0.6) is 0 Å². The van der Waals surface area contributed by atoms with Gasteiger partial charge in [-0.15, -0.1) is 0 Å². The van der Waals surface area contributed by atoms with Crippen molar-refractivity contribution in [3.63, 3.8) is 0 Å². The van der Waals surface area contributed by atoms with Crippen LogP contribution in [-0.4, -0.2) is 37.9 Å². The van der Waals surface area contributed by atoms with Gasteiger partial charge in [-0.2, -0.15) is 5.10 Å². The zero-order valence-corrected chi connectivity index (χ0v) is 15.8. The molecule has 0 unspecified atom stereocenters. The number of hydrogen-bond acceptors (Lipinski definition) is 5. The molecule has 2 aromatic heterocycles. The first-order chi connectivity index (χ1) is 13.1. The van der Waals surface area contributed by atoms with Crippen LogP contribution in [0.15, 0.2) is 39.6 Å². The average molecular weight is 367 g/mol. The fourth-order valence-electron chi connectivity index (χ4n) is 3.86. The highest BCUT2D eigenvalue weighted by Gasteiger charge is 2.26. The molecule has 1 saturated heterocycles. The lowest BCUT2D eigenvalue weighted by Crippen LogP contribution is -2.34. The highest BCUT2D eigenvalue weighted by atomic mass is 16.5. The molecule has 0 spiro atoms. The Kier molecular flexibility index (Phi) is 4.94. The van der Waals surface area contributed by atoms with Gasteiger partial charge in [0.05, 0.1) is 12.2 Å². The first kappa shape index (κ1) is 17.7. The maximum Gasteiger partial charge on any atom is 0.343 e. The first-order valence-electron chi connectivity index (χ1n) is 9.45. The third kappa shape index (κ3) is 3.73. The third-order valence-corrected chi connectivity index (χ3v) is 5.49. The van der Waals surface area contributed by atoms with E-state index in [1.807, 2.05) is 44.2 Å². The Bertz CT molecular complexity index is 929. The van der Waals surface area contributed by atoms with Crippen LogP contribution >= 0.6 is 0 Å². The molecule has 4 rings (SSSR count). The van der Waals surface area contributed by atoms with Crippen LogP contribution in [0.1, 0.15) is 47.2 Å². The molecule has 142 valence electrons. The van der Waals surface area contributed by atoms with Gasteiger partial charge < -0.3 is 4.52 Å². The Labute approximate surface area is 158 Å². The minimum absolute atomic E-state index is 0.132. The van der Waals surface area contributed by atoms with Crippen molar-refractivity contribution in [3.8, 4) is 0 Å². The second-order valence-corrected chi connectivity index (χ2v) is 7.31. The van der Waals surface area contributed by atoms with Crippen molar-refractivity contribution in [3.05, 3.63) is 69.2 Å². The maximum atomic E-state index is 12.3. The quantitative estimate of drug-likeness (QED) is 0.750. The van der Waals surface area contributed by atoms with Gasteiger partial charge in [-0.3, -0.25) is 9.47 Å². The van der Waals surface area contributed by atoms with Gasteiger partial charge in [0.2, 0.25) is 0 Å². The van der Waals surface area contributed by atoms with Gasteiger partial charge in [0.25, 0.3) is 0 Å². The minimum atomic E-state index is -0.132. The Balaban J connectivity index is 1.44. The minimum Gasteiger partial charge on any atom is -0.361 e. The van der Waals surface area contributed by atoms with Crippen molar-refractivity contribution in [2.75, 3.05) is 13.1 Å². The van der Waals surface area contributed by atoms with Gasteiger partial charge in [-0.25, -0.2) is 9.89 Å². The van der Waals surface area contributed by atoms with E-state index in [-0.39, 0.29) is 5.69 Å². The normalized spacial score (nSPS) is 16.1. The first-order valence-corrected chi connectivity index (χ1v) is 9.45. The number of nitrogens with one attached hydrogen (secondary N) is 1. The molecule has 1 aliphatic heterocycles. The highest BCUT2D eigenvalue weighted by Crippen LogP contribution is 2.28. The summed E-state index contributed by atoms with van der Waals surface area (Å²) in [7, 11) is 0. The molecule has 1 aliphatic rings. The van der Waals surface area contributed by atoms with E-state index in [4.69, 9.17) is 4.52 Å². The molecule has 0 aliphatic carbocycles. The molecule has 1 N–H and O–H groups in total. The summed E-state index contributed by atoms with van der Waals surface area (Å²) >= 11 is 0. The predicted molar refractivity (Wildman–Crippen MR) is 102 cm³/mol. The van der Waals surface area contributed by atoms with Gasteiger partial charge in [-0.1, -0.05) is 35.5 Å². The van der Waals surface area contributed by atoms with Crippen molar-refractivity contribution in [2.45, 2.75) is 45.7 Å². The summed E-state index contributed by atoms with van der Waals surface area (Å²) in [6, 6.07) is 10.0. The van der Waals surface area contributed by atoms with E-state index in [0.717, 1.165) is 55.3 Å². The van der Waals surface area contributed by atoms with Crippen molar-refractivity contribution >= 4 is 0 Å². The molecule has 1 fully saturated rings. The fraction of sp³-hybridized carbons (Fsp3) is 0.450. The largest absolute Gasteiger partial charge is 0.361 e. The zero-order chi connectivity index (χ0) is 18.8. The van der Waals surface area contributed by atoms with Gasteiger partial charge in [0.1, 0.15) is 11.6 Å². The van der Waals surface area contributed by atoms with Crippen LogP contribution in [0, 0.1) is 13.8 Å². The summed E-state index contributed by atoms with van der Waals surface area (Å²) in [4.78, 5) is 14.7. The average Bonchev–Trinajstić information content (AvgIpc) is 3.20. The summed E-state index contributed by atoms with van der Waals surface area (Å²) in [5.74, 6) is 2.08. The number of piperidine rings is 1. The van der Waals surface area contributed by atoms with Crippen molar-refractivity contribution in [1.29, 1.82) is 0 Å². The highest BCUT2D eigenvalue weighted by molar-refractivity contribution is 5.21. The van der Waals surface area contributed by atoms with E-state index >= 15 is 0 Å². The van der Waals surface area contributed by atoms with Crippen LogP contribution in [0.25, 0.3) is 0 Å². The predicted octanol–water partition coefficient (Wildman–Crippen LogP) is 2.60. The van der Waals surface area contributed by atoms with Gasteiger partial charge in [0.15, 0.2) is 0 Å². The molecule has 0 atom stereocenters. The number of benzene rings is 1. The lowest BCUT2D eigenvalue weighted by molar-refractivity contribution is 0.199. The Hall–Kier alpha value is -2.67. The van der Waals surface area contributed by atoms with E-state index in [1.165, 1.54) is 5.56 Å². The van der Waals surface area contributed by atoms with Gasteiger partial charge in [0, 0.05) is 18.0 Å². The molecular weight excluding hydrogens is 342 g/mol. The Morgan fingerprint density at radius 2 is 1.89 bits per heavy atom. The number of aromatic nitrogens is 4. The number of rotatable bonds is 5. The van der Waals surface area contributed by atoms with Crippen LogP contribution in [0.2, 0.25) is 0 Å². The third-order valence-electron chi connectivity index (χ3n) is 5.49.